The molecule has 1 aliphatic rings. The van der Waals surface area contributed by atoms with Crippen LogP contribution >= 0.6 is 0 Å². The molecule has 1 heterocycles. The summed E-state index contributed by atoms with van der Waals surface area (Å²) in [6, 6.07) is 0. The van der Waals surface area contributed by atoms with E-state index in [9.17, 15) is 9.59 Å². The number of H-pyrrole nitrogens is 1. The number of nitrogens with one attached hydrogen (secondary N) is 1. The molecule has 1 amide bonds. The summed E-state index contributed by atoms with van der Waals surface area (Å²) in [6.45, 7) is 0. The number of nitrogens with two attached hydrogens (primary N) is 1. The Labute approximate surface area is 97.7 Å². The fourth-order valence-corrected chi connectivity index (χ4v) is 2.05. The number of hydrogen-bond acceptors (Lipinski definition) is 5. The standard InChI is InChI=1S/C10H14N4O3/c11-9(16)10(4-2-1-3-5-10)17-8(15)7-6-12-14-13-7/h6H,1-5H2,(H2,11,16)(H,12,13,14). The summed E-state index contributed by atoms with van der Waals surface area (Å²) in [6.07, 6.45) is 4.89. The van der Waals surface area contributed by atoms with E-state index < -0.39 is 17.5 Å². The minimum absolute atomic E-state index is 0.0520. The van der Waals surface area contributed by atoms with Gasteiger partial charge in [0.2, 0.25) is 0 Å². The van der Waals surface area contributed by atoms with Gasteiger partial charge < -0.3 is 10.5 Å². The van der Waals surface area contributed by atoms with Crippen LogP contribution in [0.4, 0.5) is 0 Å². The second kappa shape index (κ2) is 4.52. The van der Waals surface area contributed by atoms with Crippen LogP contribution in [0.1, 0.15) is 42.6 Å². The molecule has 7 heteroatoms. The first-order valence-electron chi connectivity index (χ1n) is 5.53. The molecule has 0 saturated heterocycles. The molecular formula is C10H14N4O3. The topological polar surface area (TPSA) is 111 Å². The highest BCUT2D eigenvalue weighted by Gasteiger charge is 2.42. The molecule has 3 N–H and O–H groups in total. The third-order valence-electron chi connectivity index (χ3n) is 3.02. The third kappa shape index (κ3) is 2.27. The van der Waals surface area contributed by atoms with E-state index in [1.807, 2.05) is 0 Å². The van der Waals surface area contributed by atoms with Crippen molar-refractivity contribution in [3.63, 3.8) is 0 Å². The van der Waals surface area contributed by atoms with Gasteiger partial charge in [0, 0.05) is 0 Å². The quantitative estimate of drug-likeness (QED) is 0.728. The van der Waals surface area contributed by atoms with Crippen molar-refractivity contribution in [2.75, 3.05) is 0 Å². The first-order valence-corrected chi connectivity index (χ1v) is 5.53. The van der Waals surface area contributed by atoms with Crippen LogP contribution in [0.15, 0.2) is 6.20 Å². The lowest BCUT2D eigenvalue weighted by molar-refractivity contribution is -0.140. The average molecular weight is 238 g/mol. The van der Waals surface area contributed by atoms with Gasteiger partial charge in [-0.05, 0) is 25.7 Å². The maximum atomic E-state index is 11.7. The van der Waals surface area contributed by atoms with Crippen LogP contribution in [-0.2, 0) is 9.53 Å². The monoisotopic (exact) mass is 238 g/mol. The largest absolute Gasteiger partial charge is 0.444 e. The van der Waals surface area contributed by atoms with Gasteiger partial charge in [0.05, 0.1) is 6.20 Å². The summed E-state index contributed by atoms with van der Waals surface area (Å²) in [7, 11) is 0. The number of nitrogens with zero attached hydrogens (tertiary/aromatic N) is 2. The van der Waals surface area contributed by atoms with Crippen molar-refractivity contribution in [3.05, 3.63) is 11.9 Å². The first kappa shape index (κ1) is 11.6. The number of ether oxygens (including phenoxy) is 1. The van der Waals surface area contributed by atoms with E-state index in [4.69, 9.17) is 10.5 Å². The molecule has 1 aromatic heterocycles. The second-order valence-electron chi connectivity index (χ2n) is 4.16. The highest BCUT2D eigenvalue weighted by Crippen LogP contribution is 2.32. The Hall–Kier alpha value is -1.92. The van der Waals surface area contributed by atoms with E-state index in [-0.39, 0.29) is 5.69 Å². The van der Waals surface area contributed by atoms with Gasteiger partial charge >= 0.3 is 5.97 Å². The summed E-state index contributed by atoms with van der Waals surface area (Å²) in [5.74, 6) is -1.26. The molecule has 1 aromatic rings. The van der Waals surface area contributed by atoms with E-state index >= 15 is 0 Å². The predicted molar refractivity (Wildman–Crippen MR) is 56.8 cm³/mol. The van der Waals surface area contributed by atoms with Gasteiger partial charge in [-0.15, -0.1) is 5.10 Å². The van der Waals surface area contributed by atoms with E-state index in [1.165, 1.54) is 6.20 Å². The minimum atomic E-state index is -1.17. The highest BCUT2D eigenvalue weighted by atomic mass is 16.6. The zero-order valence-corrected chi connectivity index (χ0v) is 9.31. The molecule has 0 spiro atoms. The highest BCUT2D eigenvalue weighted by molar-refractivity contribution is 5.92. The molecule has 0 aliphatic heterocycles. The van der Waals surface area contributed by atoms with Crippen LogP contribution < -0.4 is 5.73 Å². The fraction of sp³-hybridized carbons (Fsp3) is 0.600. The van der Waals surface area contributed by atoms with Gasteiger partial charge in [0.25, 0.3) is 5.91 Å². The molecule has 2 rings (SSSR count). The maximum Gasteiger partial charge on any atom is 0.361 e. The molecule has 7 nitrogen and oxygen atoms in total. The Morgan fingerprint density at radius 1 is 1.35 bits per heavy atom. The van der Waals surface area contributed by atoms with Crippen molar-refractivity contribution < 1.29 is 14.3 Å². The zero-order chi connectivity index (χ0) is 12.3. The summed E-state index contributed by atoms with van der Waals surface area (Å²) < 4.78 is 5.25. The molecule has 0 radical (unpaired) electrons. The van der Waals surface area contributed by atoms with Gasteiger partial charge in [-0.25, -0.2) is 4.79 Å². The number of aromatic amines is 1. The Kier molecular flexibility index (Phi) is 3.08. The van der Waals surface area contributed by atoms with E-state index in [0.29, 0.717) is 12.8 Å². The van der Waals surface area contributed by atoms with Crippen molar-refractivity contribution >= 4 is 11.9 Å². The number of hydrogen-bond donors (Lipinski definition) is 2. The second-order valence-corrected chi connectivity index (χ2v) is 4.16. The molecule has 0 bridgehead atoms. The molecular weight excluding hydrogens is 224 g/mol. The molecule has 92 valence electrons. The number of carbonyl (C=O) groups excluding carboxylic acids is 2. The Balaban J connectivity index is 2.13. The summed E-state index contributed by atoms with van der Waals surface area (Å²) in [5.41, 5.74) is 4.22. The fourth-order valence-electron chi connectivity index (χ4n) is 2.05. The summed E-state index contributed by atoms with van der Waals surface area (Å²) in [5, 5.41) is 9.43. The Morgan fingerprint density at radius 2 is 2.06 bits per heavy atom. The summed E-state index contributed by atoms with van der Waals surface area (Å²) in [4.78, 5) is 23.2. The van der Waals surface area contributed by atoms with E-state index in [0.717, 1.165) is 19.3 Å². The molecule has 1 saturated carbocycles. The van der Waals surface area contributed by atoms with Crippen molar-refractivity contribution in [2.45, 2.75) is 37.7 Å². The van der Waals surface area contributed by atoms with Gasteiger partial charge in [-0.2, -0.15) is 10.3 Å². The van der Waals surface area contributed by atoms with Crippen molar-refractivity contribution in [1.29, 1.82) is 0 Å². The minimum Gasteiger partial charge on any atom is -0.444 e. The van der Waals surface area contributed by atoms with Gasteiger partial charge in [0.15, 0.2) is 11.3 Å². The van der Waals surface area contributed by atoms with Crippen LogP contribution in [0.3, 0.4) is 0 Å². The van der Waals surface area contributed by atoms with Gasteiger partial charge in [-0.1, -0.05) is 6.42 Å². The lowest BCUT2D eigenvalue weighted by atomic mass is 9.84. The number of carbonyl (C=O) groups is 2. The Bertz CT molecular complexity index is 409. The SMILES string of the molecule is NC(=O)C1(OC(=O)c2cn[nH]n2)CCCCC1. The smallest absolute Gasteiger partial charge is 0.361 e. The molecule has 17 heavy (non-hydrogen) atoms. The van der Waals surface area contributed by atoms with Crippen LogP contribution in [0.2, 0.25) is 0 Å². The molecule has 0 atom stereocenters. The summed E-state index contributed by atoms with van der Waals surface area (Å²) >= 11 is 0. The van der Waals surface area contributed by atoms with Gasteiger partial charge in [0.1, 0.15) is 0 Å². The number of amides is 1. The van der Waals surface area contributed by atoms with Crippen LogP contribution in [0, 0.1) is 0 Å². The number of esters is 1. The van der Waals surface area contributed by atoms with Crippen LogP contribution in [0.25, 0.3) is 0 Å². The Morgan fingerprint density at radius 3 is 2.59 bits per heavy atom. The van der Waals surface area contributed by atoms with Crippen molar-refractivity contribution in [2.24, 2.45) is 5.73 Å². The van der Waals surface area contributed by atoms with Crippen molar-refractivity contribution in [1.82, 2.24) is 15.4 Å². The lowest BCUT2D eigenvalue weighted by Gasteiger charge is -2.33. The molecule has 0 aromatic carbocycles. The maximum absolute atomic E-state index is 11.7. The predicted octanol–water partition coefficient (Wildman–Crippen LogP) is 0.150. The average Bonchev–Trinajstić information content (AvgIpc) is 2.83. The normalized spacial score (nSPS) is 18.6. The molecule has 1 fully saturated rings. The first-order chi connectivity index (χ1) is 8.14. The van der Waals surface area contributed by atoms with Crippen molar-refractivity contribution in [3.8, 4) is 0 Å². The van der Waals surface area contributed by atoms with E-state index in [2.05, 4.69) is 15.4 Å². The molecule has 0 unspecified atom stereocenters. The number of primary amides is 1. The van der Waals surface area contributed by atoms with Gasteiger partial charge in [-0.3, -0.25) is 4.79 Å². The van der Waals surface area contributed by atoms with E-state index in [1.54, 1.807) is 0 Å². The zero-order valence-electron chi connectivity index (χ0n) is 9.31. The number of rotatable bonds is 3. The number of aromatic nitrogens is 3. The van der Waals surface area contributed by atoms with Crippen LogP contribution in [0.5, 0.6) is 0 Å². The van der Waals surface area contributed by atoms with Crippen LogP contribution in [-0.4, -0.2) is 32.9 Å². The molecule has 1 aliphatic carbocycles. The lowest BCUT2D eigenvalue weighted by Crippen LogP contribution is -2.49. The third-order valence-corrected chi connectivity index (χ3v) is 3.02.